The van der Waals surface area contributed by atoms with E-state index in [-0.39, 0.29) is 37.3 Å². The second-order valence-corrected chi connectivity index (χ2v) is 9.63. The fourth-order valence-corrected chi connectivity index (χ4v) is 3.81. The normalized spacial score (nSPS) is 20.1. The van der Waals surface area contributed by atoms with Crippen LogP contribution in [0.3, 0.4) is 0 Å². The maximum Gasteiger partial charge on any atom is 0.251 e. The first kappa shape index (κ1) is 22.7. The maximum absolute atomic E-state index is 13.7. The molecule has 3 heterocycles. The number of rotatable bonds is 6. The van der Waals surface area contributed by atoms with Crippen molar-refractivity contribution in [2.24, 2.45) is 11.3 Å². The van der Waals surface area contributed by atoms with Crippen molar-refractivity contribution in [3.63, 3.8) is 0 Å². The first-order chi connectivity index (χ1) is 14.1. The van der Waals surface area contributed by atoms with E-state index in [4.69, 9.17) is 9.72 Å². The third kappa shape index (κ3) is 6.79. The number of carbonyl (C=O) groups excluding carboxylic acids is 1. The van der Waals surface area contributed by atoms with Gasteiger partial charge in [0, 0.05) is 52.1 Å². The summed E-state index contributed by atoms with van der Waals surface area (Å²) in [4.78, 5) is 19.0. The molecular formula is C22H34F2N4O2. The smallest absolute Gasteiger partial charge is 0.251 e. The molecule has 168 valence electrons. The van der Waals surface area contributed by atoms with Crippen LogP contribution in [0.1, 0.15) is 52.9 Å². The van der Waals surface area contributed by atoms with Gasteiger partial charge in [-0.1, -0.05) is 20.8 Å². The highest BCUT2D eigenvalue weighted by Crippen LogP contribution is 2.34. The highest BCUT2D eigenvalue weighted by Gasteiger charge is 2.35. The van der Waals surface area contributed by atoms with Crippen molar-refractivity contribution in [1.29, 1.82) is 0 Å². The second kappa shape index (κ2) is 9.45. The van der Waals surface area contributed by atoms with Gasteiger partial charge in [-0.2, -0.15) is 0 Å². The zero-order chi connectivity index (χ0) is 21.8. The number of aromatic nitrogens is 1. The standard InChI is InChI=1S/C22H34F2N4O2/c1-21(2,3)14-19(29)26-17-4-5-18(25-15-16-6-12-30-13-7-16)27-20(17)28-10-8-22(23,24)9-11-28/h4-5,16H,6-15H2,1-3H3,(H,25,27)(H,26,29). The topological polar surface area (TPSA) is 66.5 Å². The fourth-order valence-electron chi connectivity index (χ4n) is 3.81. The summed E-state index contributed by atoms with van der Waals surface area (Å²) in [5, 5.41) is 6.32. The molecule has 8 heteroatoms. The molecule has 1 amide bonds. The lowest BCUT2D eigenvalue weighted by Gasteiger charge is -2.34. The number of halogens is 2. The van der Waals surface area contributed by atoms with Gasteiger partial charge in [-0.15, -0.1) is 0 Å². The first-order valence-corrected chi connectivity index (χ1v) is 10.9. The number of piperidine rings is 1. The van der Waals surface area contributed by atoms with Crippen LogP contribution in [0.4, 0.5) is 26.1 Å². The summed E-state index contributed by atoms with van der Waals surface area (Å²) in [6.45, 7) is 8.80. The van der Waals surface area contributed by atoms with Crippen molar-refractivity contribution in [3.8, 4) is 0 Å². The van der Waals surface area contributed by atoms with Gasteiger partial charge in [-0.05, 0) is 36.3 Å². The number of anilines is 3. The molecule has 2 aliphatic rings. The highest BCUT2D eigenvalue weighted by atomic mass is 19.3. The molecule has 0 spiro atoms. The van der Waals surface area contributed by atoms with Gasteiger partial charge >= 0.3 is 0 Å². The first-order valence-electron chi connectivity index (χ1n) is 10.9. The number of amides is 1. The molecule has 2 aliphatic heterocycles. The largest absolute Gasteiger partial charge is 0.381 e. The van der Waals surface area contributed by atoms with Crippen LogP contribution in [0.15, 0.2) is 12.1 Å². The van der Waals surface area contributed by atoms with Crippen molar-refractivity contribution >= 4 is 23.2 Å². The van der Waals surface area contributed by atoms with Gasteiger partial charge in [-0.3, -0.25) is 4.79 Å². The Morgan fingerprint density at radius 2 is 1.90 bits per heavy atom. The Kier molecular flexibility index (Phi) is 7.16. The highest BCUT2D eigenvalue weighted by molar-refractivity contribution is 5.94. The lowest BCUT2D eigenvalue weighted by atomic mass is 9.92. The average molecular weight is 425 g/mol. The lowest BCUT2D eigenvalue weighted by molar-refractivity contribution is -0.117. The van der Waals surface area contributed by atoms with Gasteiger partial charge < -0.3 is 20.3 Å². The van der Waals surface area contributed by atoms with E-state index in [2.05, 4.69) is 10.6 Å². The van der Waals surface area contributed by atoms with Gasteiger partial charge in [0.05, 0.1) is 5.69 Å². The van der Waals surface area contributed by atoms with Crippen LogP contribution in [0, 0.1) is 11.3 Å². The Morgan fingerprint density at radius 3 is 2.53 bits per heavy atom. The second-order valence-electron chi connectivity index (χ2n) is 9.63. The van der Waals surface area contributed by atoms with Gasteiger partial charge in [0.2, 0.25) is 5.91 Å². The maximum atomic E-state index is 13.7. The van der Waals surface area contributed by atoms with E-state index in [1.54, 1.807) is 0 Å². The predicted octanol–water partition coefficient (Wildman–Crippen LogP) is 4.53. The number of ether oxygens (including phenoxy) is 1. The van der Waals surface area contributed by atoms with E-state index in [0.29, 0.717) is 29.7 Å². The van der Waals surface area contributed by atoms with Gasteiger partial charge in [0.1, 0.15) is 5.82 Å². The summed E-state index contributed by atoms with van der Waals surface area (Å²) in [6.07, 6.45) is 1.99. The van der Waals surface area contributed by atoms with Crippen molar-refractivity contribution < 1.29 is 18.3 Å². The summed E-state index contributed by atoms with van der Waals surface area (Å²) in [5.74, 6) is -0.947. The Labute approximate surface area is 177 Å². The zero-order valence-electron chi connectivity index (χ0n) is 18.3. The monoisotopic (exact) mass is 424 g/mol. The summed E-state index contributed by atoms with van der Waals surface area (Å²) < 4.78 is 32.7. The van der Waals surface area contributed by atoms with Gasteiger partial charge in [0.25, 0.3) is 5.92 Å². The third-order valence-electron chi connectivity index (χ3n) is 5.55. The summed E-state index contributed by atoms with van der Waals surface area (Å²) in [6, 6.07) is 3.66. The van der Waals surface area contributed by atoms with Gasteiger partial charge in [-0.25, -0.2) is 13.8 Å². The Bertz CT molecular complexity index is 720. The van der Waals surface area contributed by atoms with E-state index >= 15 is 0 Å². The van der Waals surface area contributed by atoms with E-state index in [1.165, 1.54) is 0 Å². The van der Waals surface area contributed by atoms with Crippen LogP contribution in [-0.2, 0) is 9.53 Å². The molecule has 1 aromatic rings. The Hall–Kier alpha value is -1.96. The van der Waals surface area contributed by atoms with Crippen LogP contribution in [0.5, 0.6) is 0 Å². The van der Waals surface area contributed by atoms with Crippen LogP contribution < -0.4 is 15.5 Å². The van der Waals surface area contributed by atoms with E-state index in [1.807, 2.05) is 37.8 Å². The number of hydrogen-bond donors (Lipinski definition) is 2. The van der Waals surface area contributed by atoms with Crippen molar-refractivity contribution in [3.05, 3.63) is 12.1 Å². The predicted molar refractivity (Wildman–Crippen MR) is 115 cm³/mol. The molecule has 2 fully saturated rings. The van der Waals surface area contributed by atoms with E-state index in [0.717, 1.165) is 32.6 Å². The zero-order valence-corrected chi connectivity index (χ0v) is 18.3. The van der Waals surface area contributed by atoms with Crippen LogP contribution >= 0.6 is 0 Å². The quantitative estimate of drug-likeness (QED) is 0.702. The summed E-state index contributed by atoms with van der Waals surface area (Å²) in [5.41, 5.74) is 0.432. The molecule has 3 rings (SSSR count). The van der Waals surface area contributed by atoms with Crippen LogP contribution in [-0.4, -0.2) is 49.7 Å². The number of carbonyl (C=O) groups is 1. The molecule has 0 unspecified atom stereocenters. The number of pyridine rings is 1. The summed E-state index contributed by atoms with van der Waals surface area (Å²) >= 11 is 0. The number of hydrogen-bond acceptors (Lipinski definition) is 5. The minimum absolute atomic E-state index is 0.101. The Balaban J connectivity index is 1.74. The van der Waals surface area contributed by atoms with Crippen molar-refractivity contribution in [2.75, 3.05) is 48.4 Å². The van der Waals surface area contributed by atoms with Crippen molar-refractivity contribution in [1.82, 2.24) is 4.98 Å². The molecule has 1 aromatic heterocycles. The third-order valence-corrected chi connectivity index (χ3v) is 5.55. The molecule has 2 saturated heterocycles. The molecule has 30 heavy (non-hydrogen) atoms. The molecule has 0 saturated carbocycles. The Morgan fingerprint density at radius 1 is 1.23 bits per heavy atom. The fraction of sp³-hybridized carbons (Fsp3) is 0.727. The molecule has 2 N–H and O–H groups in total. The van der Waals surface area contributed by atoms with Crippen LogP contribution in [0.25, 0.3) is 0 Å². The number of nitrogens with one attached hydrogen (secondary N) is 2. The minimum Gasteiger partial charge on any atom is -0.381 e. The molecule has 0 aliphatic carbocycles. The molecule has 0 atom stereocenters. The van der Waals surface area contributed by atoms with Crippen molar-refractivity contribution in [2.45, 2.75) is 58.8 Å². The van der Waals surface area contributed by atoms with Crippen LogP contribution in [0.2, 0.25) is 0 Å². The molecular weight excluding hydrogens is 390 g/mol. The lowest BCUT2D eigenvalue weighted by Crippen LogP contribution is -2.40. The molecule has 0 bridgehead atoms. The molecule has 0 aromatic carbocycles. The van der Waals surface area contributed by atoms with Gasteiger partial charge in [0.15, 0.2) is 5.82 Å². The minimum atomic E-state index is -2.63. The number of nitrogens with zero attached hydrogens (tertiary/aromatic N) is 2. The number of alkyl halides is 2. The molecule has 0 radical (unpaired) electrons. The SMILES string of the molecule is CC(C)(C)CC(=O)Nc1ccc(NCC2CCOCC2)nc1N1CCC(F)(F)CC1. The average Bonchev–Trinajstić information content (AvgIpc) is 2.67. The summed E-state index contributed by atoms with van der Waals surface area (Å²) in [7, 11) is 0. The van der Waals surface area contributed by atoms with E-state index in [9.17, 15) is 13.6 Å². The molecule has 6 nitrogen and oxygen atoms in total. The van der Waals surface area contributed by atoms with E-state index < -0.39 is 5.92 Å².